The van der Waals surface area contributed by atoms with E-state index in [4.69, 9.17) is 0 Å². The predicted molar refractivity (Wildman–Crippen MR) is 95.7 cm³/mol. The van der Waals surface area contributed by atoms with Crippen LogP contribution in [-0.2, 0) is 5.41 Å². The Balaban J connectivity index is 2.69. The van der Waals surface area contributed by atoms with Gasteiger partial charge in [0.25, 0.3) is 5.69 Å². The molecule has 0 bridgehead atoms. The van der Waals surface area contributed by atoms with Crippen molar-refractivity contribution in [1.82, 2.24) is 0 Å². The minimum atomic E-state index is -1.23. The number of nitro groups is 1. The Bertz CT molecular complexity index is 855. The molecule has 0 aliphatic carbocycles. The summed E-state index contributed by atoms with van der Waals surface area (Å²) < 4.78 is 0. The molecule has 0 aliphatic rings. The molecule has 0 aliphatic heterocycles. The Labute approximate surface area is 149 Å². The number of carboxylic acid groups (broad SMARTS) is 1. The van der Waals surface area contributed by atoms with Crippen molar-refractivity contribution in [3.8, 4) is 5.75 Å². The van der Waals surface area contributed by atoms with Crippen molar-refractivity contribution in [3.63, 3.8) is 0 Å². The summed E-state index contributed by atoms with van der Waals surface area (Å²) in [6.07, 6.45) is 0. The number of para-hydroxylation sites is 1. The van der Waals surface area contributed by atoms with E-state index in [2.05, 4.69) is 0 Å². The highest BCUT2D eigenvalue weighted by molar-refractivity contribution is 7.99. The van der Waals surface area contributed by atoms with Gasteiger partial charge < -0.3 is 10.2 Å². The summed E-state index contributed by atoms with van der Waals surface area (Å²) in [7, 11) is 0. The molecule has 0 saturated carbocycles. The van der Waals surface area contributed by atoms with Gasteiger partial charge in [0.15, 0.2) is 0 Å². The number of nitro benzene ring substituents is 1. The summed E-state index contributed by atoms with van der Waals surface area (Å²) in [6.45, 7) is 7.18. The molecule has 0 radical (unpaired) electrons. The number of aromatic carboxylic acids is 1. The van der Waals surface area contributed by atoms with Crippen molar-refractivity contribution in [1.29, 1.82) is 0 Å². The molecule has 25 heavy (non-hydrogen) atoms. The van der Waals surface area contributed by atoms with E-state index >= 15 is 0 Å². The van der Waals surface area contributed by atoms with Crippen LogP contribution >= 0.6 is 11.8 Å². The molecule has 0 aromatic heterocycles. The molecule has 0 fully saturated rings. The van der Waals surface area contributed by atoms with Gasteiger partial charge in [-0.3, -0.25) is 10.1 Å². The maximum atomic E-state index is 11.6. The zero-order valence-electron chi connectivity index (χ0n) is 14.4. The predicted octanol–water partition coefficient (Wildman–Crippen LogP) is 4.76. The molecular formula is C18H19NO5S. The highest BCUT2D eigenvalue weighted by atomic mass is 32.2. The lowest BCUT2D eigenvalue weighted by atomic mass is 9.84. The minimum Gasteiger partial charge on any atom is -0.507 e. The van der Waals surface area contributed by atoms with Crippen LogP contribution in [0.15, 0.2) is 40.1 Å². The molecule has 0 amide bonds. The molecule has 132 valence electrons. The van der Waals surface area contributed by atoms with Gasteiger partial charge in [-0.25, -0.2) is 4.79 Å². The average Bonchev–Trinajstić information content (AvgIpc) is 2.48. The Morgan fingerprint density at radius 1 is 1.20 bits per heavy atom. The van der Waals surface area contributed by atoms with Crippen LogP contribution in [0.2, 0.25) is 0 Å². The number of rotatable bonds is 4. The largest absolute Gasteiger partial charge is 0.507 e. The lowest BCUT2D eigenvalue weighted by molar-refractivity contribution is -0.387. The van der Waals surface area contributed by atoms with Gasteiger partial charge in [0.1, 0.15) is 11.3 Å². The van der Waals surface area contributed by atoms with Crippen molar-refractivity contribution in [2.75, 3.05) is 0 Å². The number of nitrogens with zero attached hydrogens (tertiary/aromatic N) is 1. The number of benzene rings is 2. The molecule has 0 spiro atoms. The molecule has 6 nitrogen and oxygen atoms in total. The smallest absolute Gasteiger partial charge is 0.339 e. The summed E-state index contributed by atoms with van der Waals surface area (Å²) in [5.74, 6) is -1.49. The van der Waals surface area contributed by atoms with Crippen molar-refractivity contribution in [3.05, 3.63) is 57.1 Å². The van der Waals surface area contributed by atoms with Gasteiger partial charge >= 0.3 is 5.97 Å². The first-order chi connectivity index (χ1) is 11.5. The number of phenols is 1. The molecule has 0 heterocycles. The molecule has 2 aromatic rings. The summed E-state index contributed by atoms with van der Waals surface area (Å²) >= 11 is 1.12. The van der Waals surface area contributed by atoms with Crippen LogP contribution in [0.4, 0.5) is 5.69 Å². The second-order valence-electron chi connectivity index (χ2n) is 6.65. The van der Waals surface area contributed by atoms with E-state index in [0.717, 1.165) is 11.8 Å². The van der Waals surface area contributed by atoms with Gasteiger partial charge in [0, 0.05) is 16.5 Å². The van der Waals surface area contributed by atoms with E-state index < -0.39 is 16.3 Å². The first-order valence-electron chi connectivity index (χ1n) is 7.55. The van der Waals surface area contributed by atoms with Crippen molar-refractivity contribution >= 4 is 23.4 Å². The van der Waals surface area contributed by atoms with E-state index in [-0.39, 0.29) is 17.0 Å². The van der Waals surface area contributed by atoms with Crippen LogP contribution in [0.5, 0.6) is 5.75 Å². The fourth-order valence-electron chi connectivity index (χ4n) is 2.50. The maximum Gasteiger partial charge on any atom is 0.339 e. The Hall–Kier alpha value is -2.54. The first-order valence-corrected chi connectivity index (χ1v) is 8.37. The number of hydrogen-bond acceptors (Lipinski definition) is 5. The SMILES string of the molecule is Cc1c(Sc2ccccc2[N+](=O)[O-])cc(C(C)(C)C)c(O)c1C(=O)O. The van der Waals surface area contributed by atoms with Crippen LogP contribution < -0.4 is 0 Å². The average molecular weight is 361 g/mol. The van der Waals surface area contributed by atoms with Crippen LogP contribution in [0, 0.1) is 17.0 Å². The van der Waals surface area contributed by atoms with Crippen molar-refractivity contribution in [2.45, 2.75) is 42.9 Å². The van der Waals surface area contributed by atoms with Gasteiger partial charge in [-0.2, -0.15) is 0 Å². The minimum absolute atomic E-state index is 0.0471. The highest BCUT2D eigenvalue weighted by Crippen LogP contribution is 2.43. The zero-order chi connectivity index (χ0) is 18.9. The van der Waals surface area contributed by atoms with Crippen LogP contribution in [-0.4, -0.2) is 21.1 Å². The lowest BCUT2D eigenvalue weighted by Crippen LogP contribution is -2.14. The lowest BCUT2D eigenvalue weighted by Gasteiger charge is -2.24. The van der Waals surface area contributed by atoms with Crippen LogP contribution in [0.1, 0.15) is 42.3 Å². The Morgan fingerprint density at radius 3 is 2.32 bits per heavy atom. The number of carboxylic acids is 1. The topological polar surface area (TPSA) is 101 Å². The molecule has 2 rings (SSSR count). The fraction of sp³-hybridized carbons (Fsp3) is 0.278. The molecule has 2 aromatic carbocycles. The van der Waals surface area contributed by atoms with Crippen molar-refractivity contribution < 1.29 is 19.9 Å². The van der Waals surface area contributed by atoms with E-state index in [1.54, 1.807) is 31.2 Å². The summed E-state index contributed by atoms with van der Waals surface area (Å²) in [5.41, 5.74) is 0.153. The third kappa shape index (κ3) is 3.76. The fourth-order valence-corrected chi connectivity index (χ4v) is 3.56. The van der Waals surface area contributed by atoms with Gasteiger partial charge in [-0.1, -0.05) is 44.7 Å². The van der Waals surface area contributed by atoms with Crippen molar-refractivity contribution in [2.24, 2.45) is 0 Å². The Morgan fingerprint density at radius 2 is 1.80 bits per heavy atom. The Kier molecular flexibility index (Phi) is 5.08. The molecule has 0 atom stereocenters. The first kappa shape index (κ1) is 18.8. The quantitative estimate of drug-likeness (QED) is 0.602. The van der Waals surface area contributed by atoms with E-state index in [0.29, 0.717) is 20.9 Å². The molecule has 0 saturated heterocycles. The number of carbonyl (C=O) groups is 1. The monoisotopic (exact) mass is 361 g/mol. The van der Waals surface area contributed by atoms with Crippen LogP contribution in [0.3, 0.4) is 0 Å². The van der Waals surface area contributed by atoms with Crippen LogP contribution in [0.25, 0.3) is 0 Å². The number of aromatic hydroxyl groups is 1. The van der Waals surface area contributed by atoms with Gasteiger partial charge in [-0.05, 0) is 30.0 Å². The van der Waals surface area contributed by atoms with E-state index in [9.17, 15) is 25.1 Å². The molecular weight excluding hydrogens is 342 g/mol. The summed E-state index contributed by atoms with van der Waals surface area (Å²) in [4.78, 5) is 23.3. The zero-order valence-corrected chi connectivity index (χ0v) is 15.2. The molecule has 7 heteroatoms. The normalized spacial score (nSPS) is 11.4. The van der Waals surface area contributed by atoms with E-state index in [1.165, 1.54) is 6.07 Å². The standard InChI is InChI=1S/C18H19NO5S/c1-10-14(25-13-8-6-5-7-12(13)19(23)24)9-11(18(2,3)4)16(20)15(10)17(21)22/h5-9,20H,1-4H3,(H,21,22). The van der Waals surface area contributed by atoms with Gasteiger partial charge in [0.2, 0.25) is 0 Å². The molecule has 0 unspecified atom stereocenters. The third-order valence-electron chi connectivity index (χ3n) is 3.82. The highest BCUT2D eigenvalue weighted by Gasteiger charge is 2.27. The third-order valence-corrected chi connectivity index (χ3v) is 5.02. The summed E-state index contributed by atoms with van der Waals surface area (Å²) in [6, 6.07) is 7.99. The number of hydrogen-bond donors (Lipinski definition) is 2. The van der Waals surface area contributed by atoms with Gasteiger partial charge in [0.05, 0.1) is 9.82 Å². The summed E-state index contributed by atoms with van der Waals surface area (Å²) in [5, 5.41) is 31.1. The van der Waals surface area contributed by atoms with E-state index in [1.807, 2.05) is 20.8 Å². The maximum absolute atomic E-state index is 11.6. The van der Waals surface area contributed by atoms with Gasteiger partial charge in [-0.15, -0.1) is 0 Å². The second-order valence-corrected chi connectivity index (χ2v) is 7.74. The molecule has 2 N–H and O–H groups in total. The second kappa shape index (κ2) is 6.76.